The quantitative estimate of drug-likeness (QED) is 0.821. The average Bonchev–Trinajstić information content (AvgIpc) is 2.59. The predicted octanol–water partition coefficient (Wildman–Crippen LogP) is 3.80. The molecule has 10 heteroatoms. The summed E-state index contributed by atoms with van der Waals surface area (Å²) in [5.74, 6) is -0.276. The van der Waals surface area contributed by atoms with E-state index in [0.717, 1.165) is 5.56 Å². The number of amides is 1. The Hall–Kier alpha value is -2.26. The number of halogens is 4. The lowest BCUT2D eigenvalue weighted by molar-refractivity contribution is -0.0429. The van der Waals surface area contributed by atoms with Gasteiger partial charge in [0.15, 0.2) is 0 Å². The maximum atomic E-state index is 12.7. The Morgan fingerprint density at radius 2 is 1.81 bits per heavy atom. The Morgan fingerprint density at radius 1 is 1.11 bits per heavy atom. The molecule has 1 N–H and O–H groups in total. The monoisotopic (exact) mass is 418 g/mol. The van der Waals surface area contributed by atoms with Gasteiger partial charge in [-0.2, -0.15) is 21.6 Å². The van der Waals surface area contributed by atoms with Gasteiger partial charge < -0.3 is 4.90 Å². The van der Waals surface area contributed by atoms with E-state index in [9.17, 15) is 26.4 Å². The van der Waals surface area contributed by atoms with Crippen LogP contribution in [0.5, 0.6) is 0 Å². The van der Waals surface area contributed by atoms with Crippen molar-refractivity contribution >= 4 is 33.2 Å². The molecule has 0 unspecified atom stereocenters. The van der Waals surface area contributed by atoms with E-state index < -0.39 is 15.5 Å². The molecule has 3 rings (SSSR count). The van der Waals surface area contributed by atoms with Crippen molar-refractivity contribution < 1.29 is 26.4 Å². The van der Waals surface area contributed by atoms with Gasteiger partial charge in [-0.05, 0) is 29.7 Å². The minimum Gasteiger partial charge on any atom is -0.334 e. The van der Waals surface area contributed by atoms with Gasteiger partial charge in [-0.1, -0.05) is 41.9 Å². The Labute approximate surface area is 158 Å². The van der Waals surface area contributed by atoms with Crippen LogP contribution >= 0.6 is 11.6 Å². The third kappa shape index (κ3) is 3.89. The van der Waals surface area contributed by atoms with Crippen LogP contribution < -0.4 is 4.72 Å². The lowest BCUT2D eigenvalue weighted by Gasteiger charge is -2.29. The fraction of sp³-hybridized carbons (Fsp3) is 0.235. The van der Waals surface area contributed by atoms with Crippen LogP contribution in [-0.2, 0) is 23.0 Å². The van der Waals surface area contributed by atoms with E-state index in [4.69, 9.17) is 11.6 Å². The minimum atomic E-state index is -5.64. The molecular weight excluding hydrogens is 405 g/mol. The summed E-state index contributed by atoms with van der Waals surface area (Å²) in [6, 6.07) is 11.2. The number of fused-ring (bicyclic) bond motifs is 1. The number of sulfonamides is 1. The molecule has 0 aromatic heterocycles. The highest BCUT2D eigenvalue weighted by Gasteiger charge is 2.46. The molecule has 1 aliphatic heterocycles. The summed E-state index contributed by atoms with van der Waals surface area (Å²) in [6.07, 6.45) is 0.589. The van der Waals surface area contributed by atoms with Crippen molar-refractivity contribution in [2.45, 2.75) is 18.5 Å². The molecule has 0 spiro atoms. The zero-order chi connectivity index (χ0) is 19.8. The van der Waals surface area contributed by atoms with Crippen molar-refractivity contribution in [3.8, 4) is 0 Å². The SMILES string of the molecule is O=C1c2ccccc2CCN1Cc1cccc(Cl)c1NS(=O)(=O)C(F)(F)F. The smallest absolute Gasteiger partial charge is 0.334 e. The molecule has 0 bridgehead atoms. The molecule has 0 saturated carbocycles. The molecule has 0 aliphatic carbocycles. The molecule has 2 aromatic rings. The summed E-state index contributed by atoms with van der Waals surface area (Å²) in [5, 5.41) is -0.190. The zero-order valence-corrected chi connectivity index (χ0v) is 15.3. The van der Waals surface area contributed by atoms with Crippen LogP contribution in [0.15, 0.2) is 42.5 Å². The first kappa shape index (κ1) is 19.5. The number of hydrogen-bond acceptors (Lipinski definition) is 3. The molecular formula is C17H14ClF3N2O3S. The molecule has 0 atom stereocenters. The summed E-state index contributed by atoms with van der Waals surface area (Å²) >= 11 is 5.92. The highest BCUT2D eigenvalue weighted by molar-refractivity contribution is 7.93. The van der Waals surface area contributed by atoms with Gasteiger partial charge in [-0.25, -0.2) is 0 Å². The summed E-state index contributed by atoms with van der Waals surface area (Å²) < 4.78 is 62.6. The fourth-order valence-electron chi connectivity index (χ4n) is 2.84. The summed E-state index contributed by atoms with van der Waals surface area (Å²) in [6.45, 7) is 0.275. The fourth-order valence-corrected chi connectivity index (χ4v) is 3.76. The summed E-state index contributed by atoms with van der Waals surface area (Å²) in [7, 11) is -5.64. The number of alkyl halides is 3. The molecule has 0 fully saturated rings. The average molecular weight is 419 g/mol. The van der Waals surface area contributed by atoms with E-state index >= 15 is 0 Å². The number of rotatable bonds is 4. The Morgan fingerprint density at radius 3 is 2.52 bits per heavy atom. The van der Waals surface area contributed by atoms with Crippen LogP contribution in [0, 0.1) is 0 Å². The molecule has 0 radical (unpaired) electrons. The first-order chi connectivity index (χ1) is 12.6. The van der Waals surface area contributed by atoms with Crippen LogP contribution in [0.2, 0.25) is 5.02 Å². The minimum absolute atomic E-state index is 0.0799. The van der Waals surface area contributed by atoms with Gasteiger partial charge in [0.2, 0.25) is 0 Å². The summed E-state index contributed by atoms with van der Waals surface area (Å²) in [4.78, 5) is 14.1. The molecule has 1 amide bonds. The number of carbonyl (C=O) groups excluding carboxylic acids is 1. The lowest BCUT2D eigenvalue weighted by Crippen LogP contribution is -2.37. The van der Waals surface area contributed by atoms with E-state index in [1.54, 1.807) is 12.1 Å². The first-order valence-electron chi connectivity index (χ1n) is 7.84. The maximum Gasteiger partial charge on any atom is 0.516 e. The normalized spacial score (nSPS) is 14.8. The predicted molar refractivity (Wildman–Crippen MR) is 94.9 cm³/mol. The Bertz CT molecular complexity index is 993. The van der Waals surface area contributed by atoms with Gasteiger partial charge in [-0.3, -0.25) is 9.52 Å². The van der Waals surface area contributed by atoms with Crippen LogP contribution in [0.1, 0.15) is 21.5 Å². The second-order valence-electron chi connectivity index (χ2n) is 5.96. The number of nitrogens with one attached hydrogen (secondary N) is 1. The van der Waals surface area contributed by atoms with Crippen molar-refractivity contribution in [3.05, 3.63) is 64.2 Å². The first-order valence-corrected chi connectivity index (χ1v) is 9.70. The van der Waals surface area contributed by atoms with E-state index in [1.807, 2.05) is 12.1 Å². The third-order valence-corrected chi connectivity index (χ3v) is 5.59. The van der Waals surface area contributed by atoms with Gasteiger partial charge in [0.05, 0.1) is 10.7 Å². The van der Waals surface area contributed by atoms with Crippen molar-refractivity contribution in [3.63, 3.8) is 0 Å². The topological polar surface area (TPSA) is 66.5 Å². The zero-order valence-electron chi connectivity index (χ0n) is 13.8. The number of anilines is 1. The number of hydrogen-bond donors (Lipinski definition) is 1. The third-order valence-electron chi connectivity index (χ3n) is 4.19. The van der Waals surface area contributed by atoms with Gasteiger partial charge in [0, 0.05) is 18.7 Å². The molecule has 1 heterocycles. The van der Waals surface area contributed by atoms with Crippen LogP contribution in [-0.4, -0.2) is 31.3 Å². The standard InChI is InChI=1S/C17H14ClF3N2O3S/c18-14-7-3-5-12(15(14)22-27(25,26)17(19,20)21)10-23-9-8-11-4-1-2-6-13(11)16(23)24/h1-7,22H,8-10H2. The molecule has 1 aliphatic rings. The van der Waals surface area contributed by atoms with Crippen molar-refractivity contribution in [1.82, 2.24) is 4.90 Å². The number of benzene rings is 2. The van der Waals surface area contributed by atoms with E-state index in [0.29, 0.717) is 18.5 Å². The second kappa shape index (κ2) is 7.05. The maximum absolute atomic E-state index is 12.7. The van der Waals surface area contributed by atoms with Gasteiger partial charge in [0.1, 0.15) is 0 Å². The Balaban J connectivity index is 1.91. The number of para-hydroxylation sites is 1. The van der Waals surface area contributed by atoms with Crippen molar-refractivity contribution in [2.24, 2.45) is 0 Å². The molecule has 2 aromatic carbocycles. The number of carbonyl (C=O) groups is 1. The summed E-state index contributed by atoms with van der Waals surface area (Å²) in [5.41, 5.74) is -4.29. The highest BCUT2D eigenvalue weighted by atomic mass is 35.5. The van der Waals surface area contributed by atoms with Gasteiger partial charge >= 0.3 is 15.5 Å². The molecule has 144 valence electrons. The molecule has 5 nitrogen and oxygen atoms in total. The van der Waals surface area contributed by atoms with E-state index in [2.05, 4.69) is 0 Å². The van der Waals surface area contributed by atoms with Gasteiger partial charge in [0.25, 0.3) is 5.91 Å². The van der Waals surface area contributed by atoms with Gasteiger partial charge in [-0.15, -0.1) is 0 Å². The van der Waals surface area contributed by atoms with Crippen molar-refractivity contribution in [1.29, 1.82) is 0 Å². The van der Waals surface area contributed by atoms with Crippen LogP contribution in [0.4, 0.5) is 18.9 Å². The van der Waals surface area contributed by atoms with Crippen LogP contribution in [0.3, 0.4) is 0 Å². The second-order valence-corrected chi connectivity index (χ2v) is 8.04. The molecule has 0 saturated heterocycles. The lowest BCUT2D eigenvalue weighted by atomic mass is 9.98. The molecule has 27 heavy (non-hydrogen) atoms. The van der Waals surface area contributed by atoms with E-state index in [-0.39, 0.29) is 28.7 Å². The van der Waals surface area contributed by atoms with Crippen molar-refractivity contribution in [2.75, 3.05) is 11.3 Å². The highest BCUT2D eigenvalue weighted by Crippen LogP contribution is 2.33. The number of nitrogens with zero attached hydrogens (tertiary/aromatic N) is 1. The van der Waals surface area contributed by atoms with E-state index in [1.165, 1.54) is 27.8 Å². The van der Waals surface area contributed by atoms with Crippen LogP contribution in [0.25, 0.3) is 0 Å². The Kier molecular flexibility index (Phi) is 5.09. The largest absolute Gasteiger partial charge is 0.516 e.